The monoisotopic (exact) mass is 311 g/mol. The molecular weight excluding hydrogens is 294 g/mol. The highest BCUT2D eigenvalue weighted by Crippen LogP contribution is 2.49. The highest BCUT2D eigenvalue weighted by molar-refractivity contribution is 5.96. The van der Waals surface area contributed by atoms with E-state index in [2.05, 4.69) is 11.2 Å². The normalized spacial score (nSPS) is 20.3. The molecule has 23 heavy (non-hydrogen) atoms. The average Bonchev–Trinajstić information content (AvgIpc) is 3.26. The first-order chi connectivity index (χ1) is 11.1. The maximum Gasteiger partial charge on any atom is 0.336 e. The maximum atomic E-state index is 11.6. The Labute approximate surface area is 133 Å². The number of ether oxygens (including phenoxy) is 1. The summed E-state index contributed by atoms with van der Waals surface area (Å²) >= 11 is 0. The Morgan fingerprint density at radius 2 is 2.13 bits per heavy atom. The summed E-state index contributed by atoms with van der Waals surface area (Å²) in [5.74, 6) is -0.984. The van der Waals surface area contributed by atoms with Gasteiger partial charge in [0.25, 0.3) is 0 Å². The Kier molecular flexibility index (Phi) is 3.13. The number of nitriles is 1. The first kappa shape index (κ1) is 14.2. The van der Waals surface area contributed by atoms with Crippen LogP contribution in [0.1, 0.15) is 47.6 Å². The molecule has 0 unspecified atom stereocenters. The van der Waals surface area contributed by atoms with Gasteiger partial charge in [-0.2, -0.15) is 10.4 Å². The van der Waals surface area contributed by atoms with Crippen LogP contribution in [0.3, 0.4) is 0 Å². The van der Waals surface area contributed by atoms with Crippen molar-refractivity contribution in [3.05, 3.63) is 29.5 Å². The van der Waals surface area contributed by atoms with Gasteiger partial charge in [-0.05, 0) is 43.4 Å². The van der Waals surface area contributed by atoms with Crippen molar-refractivity contribution in [3.8, 4) is 6.07 Å². The number of benzene rings is 1. The number of carboxylic acid groups (broad SMARTS) is 1. The fourth-order valence-corrected chi connectivity index (χ4v) is 3.37. The Hall–Kier alpha value is -2.39. The predicted octanol–water partition coefficient (Wildman–Crippen LogP) is 2.64. The van der Waals surface area contributed by atoms with Gasteiger partial charge in [0.1, 0.15) is 0 Å². The first-order valence-corrected chi connectivity index (χ1v) is 7.89. The summed E-state index contributed by atoms with van der Waals surface area (Å²) in [6.07, 6.45) is 5.17. The van der Waals surface area contributed by atoms with Crippen molar-refractivity contribution in [2.45, 2.75) is 37.1 Å². The van der Waals surface area contributed by atoms with Crippen LogP contribution in [0.5, 0.6) is 0 Å². The van der Waals surface area contributed by atoms with E-state index in [-0.39, 0.29) is 5.56 Å². The molecule has 1 aliphatic heterocycles. The highest BCUT2D eigenvalue weighted by atomic mass is 16.5. The third kappa shape index (κ3) is 2.28. The Morgan fingerprint density at radius 3 is 2.74 bits per heavy atom. The molecule has 1 N–H and O–H groups in total. The SMILES string of the molecule is N#CC1(c2cc3nn(C4CCOCC4)cc3cc2C(=O)O)CC1. The second kappa shape index (κ2) is 5.07. The lowest BCUT2D eigenvalue weighted by Crippen LogP contribution is -2.19. The lowest BCUT2D eigenvalue weighted by molar-refractivity contribution is 0.0664. The van der Waals surface area contributed by atoms with E-state index in [9.17, 15) is 15.2 Å². The molecule has 4 rings (SSSR count). The molecule has 0 atom stereocenters. The Morgan fingerprint density at radius 1 is 1.39 bits per heavy atom. The molecule has 6 nitrogen and oxygen atoms in total. The van der Waals surface area contributed by atoms with Gasteiger partial charge in [-0.25, -0.2) is 4.79 Å². The van der Waals surface area contributed by atoms with E-state index < -0.39 is 11.4 Å². The molecule has 1 aliphatic carbocycles. The molecule has 1 saturated carbocycles. The topological polar surface area (TPSA) is 88.1 Å². The number of hydrogen-bond donors (Lipinski definition) is 1. The smallest absolute Gasteiger partial charge is 0.336 e. The van der Waals surface area contributed by atoms with Gasteiger partial charge in [-0.3, -0.25) is 4.68 Å². The van der Waals surface area contributed by atoms with Crippen LogP contribution in [0.4, 0.5) is 0 Å². The van der Waals surface area contributed by atoms with Crippen LogP contribution < -0.4 is 0 Å². The molecule has 2 aliphatic rings. The van der Waals surface area contributed by atoms with Crippen LogP contribution >= 0.6 is 0 Å². The van der Waals surface area contributed by atoms with Crippen molar-refractivity contribution in [3.63, 3.8) is 0 Å². The van der Waals surface area contributed by atoms with Crippen molar-refractivity contribution in [1.82, 2.24) is 9.78 Å². The van der Waals surface area contributed by atoms with Gasteiger partial charge in [0, 0.05) is 24.8 Å². The summed E-state index contributed by atoms with van der Waals surface area (Å²) in [7, 11) is 0. The minimum atomic E-state index is -0.984. The zero-order valence-electron chi connectivity index (χ0n) is 12.7. The molecule has 0 radical (unpaired) electrons. The van der Waals surface area contributed by atoms with Crippen LogP contribution in [0.25, 0.3) is 10.9 Å². The minimum Gasteiger partial charge on any atom is -0.478 e. The van der Waals surface area contributed by atoms with E-state index >= 15 is 0 Å². The van der Waals surface area contributed by atoms with E-state index in [4.69, 9.17) is 4.74 Å². The summed E-state index contributed by atoms with van der Waals surface area (Å²) in [4.78, 5) is 11.6. The molecule has 2 heterocycles. The molecule has 2 aromatic rings. The summed E-state index contributed by atoms with van der Waals surface area (Å²) in [6, 6.07) is 6.03. The third-order valence-electron chi connectivity index (χ3n) is 4.94. The Bertz CT molecular complexity index is 823. The molecule has 0 bridgehead atoms. The number of aromatic nitrogens is 2. The van der Waals surface area contributed by atoms with Gasteiger partial charge in [-0.1, -0.05) is 0 Å². The van der Waals surface area contributed by atoms with E-state index in [0.717, 1.165) is 49.8 Å². The number of carbonyl (C=O) groups is 1. The van der Waals surface area contributed by atoms with Gasteiger partial charge >= 0.3 is 5.97 Å². The number of fused-ring (bicyclic) bond motifs is 1. The molecule has 0 amide bonds. The second-order valence-electron chi connectivity index (χ2n) is 6.41. The summed E-state index contributed by atoms with van der Waals surface area (Å²) in [5, 5.41) is 24.4. The van der Waals surface area contributed by atoms with Crippen molar-refractivity contribution < 1.29 is 14.6 Å². The zero-order chi connectivity index (χ0) is 16.0. The largest absolute Gasteiger partial charge is 0.478 e. The number of rotatable bonds is 3. The molecular formula is C17H17N3O3. The van der Waals surface area contributed by atoms with Gasteiger partial charge < -0.3 is 9.84 Å². The fourth-order valence-electron chi connectivity index (χ4n) is 3.37. The van der Waals surface area contributed by atoms with Gasteiger partial charge in [0.05, 0.1) is 28.6 Å². The lowest BCUT2D eigenvalue weighted by atomic mass is 9.91. The number of hydrogen-bond acceptors (Lipinski definition) is 4. The Balaban J connectivity index is 1.82. The lowest BCUT2D eigenvalue weighted by Gasteiger charge is -2.22. The molecule has 6 heteroatoms. The van der Waals surface area contributed by atoms with Gasteiger partial charge in [0.15, 0.2) is 0 Å². The zero-order valence-corrected chi connectivity index (χ0v) is 12.7. The maximum absolute atomic E-state index is 11.6. The number of aromatic carboxylic acids is 1. The van der Waals surface area contributed by atoms with E-state index in [1.54, 1.807) is 12.1 Å². The van der Waals surface area contributed by atoms with E-state index in [0.29, 0.717) is 11.6 Å². The molecule has 0 spiro atoms. The van der Waals surface area contributed by atoms with Crippen LogP contribution in [0.15, 0.2) is 18.3 Å². The van der Waals surface area contributed by atoms with Crippen LogP contribution in [-0.2, 0) is 10.2 Å². The summed E-state index contributed by atoms with van der Waals surface area (Å²) in [5.41, 5.74) is 0.961. The van der Waals surface area contributed by atoms with Gasteiger partial charge in [0.2, 0.25) is 0 Å². The fraction of sp³-hybridized carbons (Fsp3) is 0.471. The van der Waals surface area contributed by atoms with E-state index in [1.807, 2.05) is 10.9 Å². The minimum absolute atomic E-state index is 0.225. The first-order valence-electron chi connectivity index (χ1n) is 7.89. The van der Waals surface area contributed by atoms with Crippen molar-refractivity contribution in [1.29, 1.82) is 5.26 Å². The van der Waals surface area contributed by atoms with E-state index in [1.165, 1.54) is 0 Å². The molecule has 1 aromatic carbocycles. The van der Waals surface area contributed by atoms with Crippen molar-refractivity contribution >= 4 is 16.9 Å². The van der Waals surface area contributed by atoms with Crippen LogP contribution in [-0.4, -0.2) is 34.1 Å². The number of carboxylic acids is 1. The molecule has 118 valence electrons. The van der Waals surface area contributed by atoms with Crippen molar-refractivity contribution in [2.24, 2.45) is 0 Å². The standard InChI is InChI=1S/C17H17N3O3/c18-10-17(3-4-17)14-8-15-11(7-13(14)16(21)22)9-20(19-15)12-1-5-23-6-2-12/h7-9,12H,1-6H2,(H,21,22). The third-order valence-corrected chi connectivity index (χ3v) is 4.94. The average molecular weight is 311 g/mol. The molecule has 1 aromatic heterocycles. The predicted molar refractivity (Wildman–Crippen MR) is 82.3 cm³/mol. The second-order valence-corrected chi connectivity index (χ2v) is 6.41. The summed E-state index contributed by atoms with van der Waals surface area (Å²) in [6.45, 7) is 1.45. The highest BCUT2D eigenvalue weighted by Gasteiger charge is 2.47. The quantitative estimate of drug-likeness (QED) is 0.941. The van der Waals surface area contributed by atoms with Gasteiger partial charge in [-0.15, -0.1) is 0 Å². The summed E-state index contributed by atoms with van der Waals surface area (Å²) < 4.78 is 7.30. The van der Waals surface area contributed by atoms with Crippen molar-refractivity contribution in [2.75, 3.05) is 13.2 Å². The van der Waals surface area contributed by atoms with Crippen LogP contribution in [0.2, 0.25) is 0 Å². The molecule has 2 fully saturated rings. The van der Waals surface area contributed by atoms with Crippen LogP contribution in [0, 0.1) is 11.3 Å². The molecule has 1 saturated heterocycles. The number of nitrogens with zero attached hydrogens (tertiary/aromatic N) is 3.